The van der Waals surface area contributed by atoms with Gasteiger partial charge in [0.05, 0.1) is 6.04 Å². The molecule has 1 rings (SSSR count). The van der Waals surface area contributed by atoms with Crippen LogP contribution in [0, 0.1) is 23.7 Å². The molecule has 0 saturated carbocycles. The molecule has 0 aromatic carbocycles. The number of unbranched alkanes of at least 4 members (excludes halogenated alkanes) is 5. The van der Waals surface area contributed by atoms with Crippen LogP contribution in [0.3, 0.4) is 0 Å². The molecule has 0 aliphatic carbocycles. The van der Waals surface area contributed by atoms with Gasteiger partial charge >= 0.3 is 0 Å². The Morgan fingerprint density at radius 3 is 1.90 bits per heavy atom. The lowest BCUT2D eigenvalue weighted by molar-refractivity contribution is -0.138. The molecule has 1 aliphatic heterocycles. The van der Waals surface area contributed by atoms with E-state index in [1.807, 2.05) is 26.8 Å². The first-order valence-electron chi connectivity index (χ1n) is 24.1. The third-order valence-corrected chi connectivity index (χ3v) is 11.2. The number of hydrogen-bond donors (Lipinski definition) is 1. The average molecular weight is 824 g/mol. The fourth-order valence-corrected chi connectivity index (χ4v) is 6.23. The lowest BCUT2D eigenvalue weighted by Crippen LogP contribution is -2.48. The van der Waals surface area contributed by atoms with Crippen LogP contribution in [0.15, 0.2) is 84.6 Å². The zero-order chi connectivity index (χ0) is 46.0. The standard InChI is InChI=1S/C24H40.C19H31NO2.C7H16.C3H8O.C2H6/c1-8-21(4)14-12-10-9-11-13-15-22(5)17-19-24(7)23(6)18-16-20(2)3;1-6-7-8-11-14(2)15(3)16(4)19(22)20-13-10-9-12-18(20)17(5)21;1-3-5-7-6-4-2;1-2-3-4;1-2/h9-12,14,18,22,24H,2,8,13,15-17,19H2,1,3-7H3;6,14-15,18H,1,4,7-13H2,2-3,5H3;3-7H2,1-2H3;4H,2-3H2,1H3;1-2H3/b11-9+,12-10+,21-14+,23-18+;;;;. The first kappa shape index (κ1) is 62.9. The summed E-state index contributed by atoms with van der Waals surface area (Å²) in [6.07, 6.45) is 36.3. The van der Waals surface area contributed by atoms with Crippen LogP contribution in [0.1, 0.15) is 213 Å². The van der Waals surface area contributed by atoms with E-state index in [4.69, 9.17) is 5.11 Å². The summed E-state index contributed by atoms with van der Waals surface area (Å²) in [5.41, 5.74) is 4.84. The van der Waals surface area contributed by atoms with E-state index in [2.05, 4.69) is 125 Å². The molecule has 4 nitrogen and oxygen atoms in total. The first-order valence-corrected chi connectivity index (χ1v) is 24.1. The van der Waals surface area contributed by atoms with Gasteiger partial charge in [0.15, 0.2) is 5.78 Å². The molecule has 4 heteroatoms. The summed E-state index contributed by atoms with van der Waals surface area (Å²) in [6.45, 7) is 42.5. The van der Waals surface area contributed by atoms with Crippen LogP contribution in [0.25, 0.3) is 0 Å². The van der Waals surface area contributed by atoms with Gasteiger partial charge in [-0.05, 0) is 128 Å². The van der Waals surface area contributed by atoms with Crippen molar-refractivity contribution >= 4 is 11.7 Å². The van der Waals surface area contributed by atoms with Gasteiger partial charge in [0.1, 0.15) is 0 Å². The van der Waals surface area contributed by atoms with Crippen molar-refractivity contribution in [2.24, 2.45) is 23.7 Å². The third-order valence-electron chi connectivity index (χ3n) is 11.2. The Labute approximate surface area is 370 Å². The van der Waals surface area contributed by atoms with E-state index in [1.54, 1.807) is 11.8 Å². The Hall–Kier alpha value is -2.72. The van der Waals surface area contributed by atoms with E-state index in [9.17, 15) is 9.59 Å². The molecule has 1 heterocycles. The molecule has 5 atom stereocenters. The lowest BCUT2D eigenvalue weighted by atomic mass is 9.84. The van der Waals surface area contributed by atoms with Gasteiger partial charge < -0.3 is 10.0 Å². The van der Waals surface area contributed by atoms with E-state index in [-0.39, 0.29) is 23.7 Å². The largest absolute Gasteiger partial charge is 0.396 e. The maximum absolute atomic E-state index is 12.7. The smallest absolute Gasteiger partial charge is 0.250 e. The summed E-state index contributed by atoms with van der Waals surface area (Å²) in [5, 5.41) is 7.88. The summed E-state index contributed by atoms with van der Waals surface area (Å²) in [4.78, 5) is 26.3. The molecule has 1 saturated heterocycles. The van der Waals surface area contributed by atoms with Crippen LogP contribution in [0.4, 0.5) is 0 Å². The monoisotopic (exact) mass is 824 g/mol. The Balaban J connectivity index is -0.000000396. The normalized spacial score (nSPS) is 16.1. The minimum absolute atomic E-state index is 0.0250. The third kappa shape index (κ3) is 38.0. The van der Waals surface area contributed by atoms with Gasteiger partial charge in [0, 0.05) is 18.7 Å². The molecule has 0 radical (unpaired) electrons. The number of amides is 1. The number of aliphatic hydroxyl groups is 1. The van der Waals surface area contributed by atoms with Gasteiger partial charge in [-0.1, -0.05) is 180 Å². The fraction of sp³-hybridized carbons (Fsp3) is 0.709. The number of aliphatic hydroxyl groups excluding tert-OH is 1. The SMILES string of the molecule is C=C(C)C/C=C(\C)C(C)CCC(C)CC/C=C/C=C/C=C(\C)CC.C=CCCCC(C)C(C)C(=C)C(=O)N1CCCCC1C(C)=O.CC.CCCCCCC.CCCO. The molecule has 1 amide bonds. The summed E-state index contributed by atoms with van der Waals surface area (Å²) >= 11 is 0. The molecule has 0 aromatic heterocycles. The molecule has 0 spiro atoms. The zero-order valence-electron chi connectivity index (χ0n) is 41.9. The van der Waals surface area contributed by atoms with Gasteiger partial charge in [-0.25, -0.2) is 0 Å². The number of carbonyl (C=O) groups is 2. The minimum atomic E-state index is -0.249. The molecular weight excluding hydrogens is 723 g/mol. The highest BCUT2D eigenvalue weighted by Crippen LogP contribution is 2.28. The van der Waals surface area contributed by atoms with Crippen molar-refractivity contribution in [3.63, 3.8) is 0 Å². The minimum Gasteiger partial charge on any atom is -0.396 e. The second kappa shape index (κ2) is 44.8. The number of carbonyl (C=O) groups excluding carboxylic acids is 2. The Morgan fingerprint density at radius 2 is 1.39 bits per heavy atom. The molecule has 0 bridgehead atoms. The fourth-order valence-electron chi connectivity index (χ4n) is 6.23. The number of Topliss-reactive ketones (excluding diaryl/α,β-unsaturated/α-hetero) is 1. The summed E-state index contributed by atoms with van der Waals surface area (Å²) in [7, 11) is 0. The Bertz CT molecular complexity index is 1160. The molecule has 0 aromatic rings. The summed E-state index contributed by atoms with van der Waals surface area (Å²) < 4.78 is 0. The highest BCUT2D eigenvalue weighted by molar-refractivity contribution is 5.97. The average Bonchev–Trinajstić information content (AvgIpc) is 3.24. The molecule has 5 unspecified atom stereocenters. The van der Waals surface area contributed by atoms with Crippen molar-refractivity contribution < 1.29 is 14.7 Å². The number of likely N-dealkylation sites (tertiary alicyclic amines) is 1. The molecule has 1 fully saturated rings. The van der Waals surface area contributed by atoms with Gasteiger partial charge in [-0.15, -0.1) is 6.58 Å². The maximum atomic E-state index is 12.7. The predicted molar refractivity (Wildman–Crippen MR) is 267 cm³/mol. The molecule has 1 N–H and O–H groups in total. The van der Waals surface area contributed by atoms with Crippen LogP contribution in [-0.4, -0.2) is 40.9 Å². The van der Waals surface area contributed by atoms with Gasteiger partial charge in [0.25, 0.3) is 0 Å². The number of rotatable bonds is 25. The van der Waals surface area contributed by atoms with Gasteiger partial charge in [-0.3, -0.25) is 9.59 Å². The molecule has 59 heavy (non-hydrogen) atoms. The number of piperidine rings is 1. The van der Waals surface area contributed by atoms with Crippen molar-refractivity contribution in [1.29, 1.82) is 0 Å². The van der Waals surface area contributed by atoms with E-state index in [0.29, 0.717) is 30.6 Å². The number of ketones is 1. The van der Waals surface area contributed by atoms with E-state index < -0.39 is 0 Å². The first-order chi connectivity index (χ1) is 28.1. The zero-order valence-corrected chi connectivity index (χ0v) is 41.9. The van der Waals surface area contributed by atoms with Crippen LogP contribution in [0.5, 0.6) is 0 Å². The molecular formula is C55H101NO3. The second-order valence-electron chi connectivity index (χ2n) is 16.9. The number of nitrogens with zero attached hydrogens (tertiary/aromatic N) is 1. The van der Waals surface area contributed by atoms with Crippen LogP contribution < -0.4 is 0 Å². The lowest BCUT2D eigenvalue weighted by Gasteiger charge is -2.36. The van der Waals surface area contributed by atoms with Crippen molar-refractivity contribution in [2.45, 2.75) is 219 Å². The maximum Gasteiger partial charge on any atom is 0.250 e. The van der Waals surface area contributed by atoms with E-state index in [1.165, 1.54) is 74.5 Å². The van der Waals surface area contributed by atoms with Crippen molar-refractivity contribution in [3.05, 3.63) is 84.6 Å². The van der Waals surface area contributed by atoms with E-state index >= 15 is 0 Å². The van der Waals surface area contributed by atoms with Gasteiger partial charge in [0.2, 0.25) is 5.91 Å². The highest BCUT2D eigenvalue weighted by Gasteiger charge is 2.33. The molecule has 1 aliphatic rings. The summed E-state index contributed by atoms with van der Waals surface area (Å²) in [6, 6.07) is -0.249. The predicted octanol–water partition coefficient (Wildman–Crippen LogP) is 16.7. The van der Waals surface area contributed by atoms with Crippen LogP contribution >= 0.6 is 0 Å². The topological polar surface area (TPSA) is 57.6 Å². The summed E-state index contributed by atoms with van der Waals surface area (Å²) in [5.74, 6) is 2.12. The van der Waals surface area contributed by atoms with E-state index in [0.717, 1.165) is 63.7 Å². The van der Waals surface area contributed by atoms with Crippen LogP contribution in [-0.2, 0) is 9.59 Å². The second-order valence-corrected chi connectivity index (χ2v) is 16.9. The van der Waals surface area contributed by atoms with Crippen LogP contribution in [0.2, 0.25) is 0 Å². The van der Waals surface area contributed by atoms with Gasteiger partial charge in [-0.2, -0.15) is 0 Å². The number of hydrogen-bond acceptors (Lipinski definition) is 3. The van der Waals surface area contributed by atoms with Crippen molar-refractivity contribution in [2.75, 3.05) is 13.2 Å². The number of allylic oxidation sites excluding steroid dienone is 10. The quantitative estimate of drug-likeness (QED) is 0.0432. The highest BCUT2D eigenvalue weighted by atomic mass is 16.2. The van der Waals surface area contributed by atoms with Crippen molar-refractivity contribution in [1.82, 2.24) is 4.90 Å². The Morgan fingerprint density at radius 1 is 0.780 bits per heavy atom. The Kier molecular flexibility index (Phi) is 47.8. The van der Waals surface area contributed by atoms with Crippen molar-refractivity contribution in [3.8, 4) is 0 Å². The molecule has 344 valence electrons.